The Morgan fingerprint density at radius 3 is 2.41 bits per heavy atom. The van der Waals surface area contributed by atoms with E-state index >= 15 is 0 Å². The van der Waals surface area contributed by atoms with Crippen molar-refractivity contribution in [1.82, 2.24) is 4.31 Å². The lowest BCUT2D eigenvalue weighted by atomic mass is 9.98. The predicted molar refractivity (Wildman–Crippen MR) is 114 cm³/mol. The van der Waals surface area contributed by atoms with Gasteiger partial charge in [-0.3, -0.25) is 4.79 Å². The Kier molecular flexibility index (Phi) is 6.29. The number of methoxy groups -OCH3 is 1. The maximum Gasteiger partial charge on any atom is 0.246 e. The number of nitrogens with zero attached hydrogens (tertiary/aromatic N) is 1. The lowest BCUT2D eigenvalue weighted by Crippen LogP contribution is -2.43. The van der Waals surface area contributed by atoms with Crippen LogP contribution in [0, 0.1) is 26.7 Å². The van der Waals surface area contributed by atoms with Gasteiger partial charge in [0.25, 0.3) is 0 Å². The van der Waals surface area contributed by atoms with Crippen LogP contribution in [0.1, 0.15) is 29.5 Å². The molecule has 0 spiro atoms. The summed E-state index contributed by atoms with van der Waals surface area (Å²) in [5.74, 6) is -0.223. The van der Waals surface area contributed by atoms with Crippen LogP contribution >= 0.6 is 0 Å². The molecule has 1 N–H and O–H groups in total. The van der Waals surface area contributed by atoms with E-state index in [1.165, 1.54) is 11.4 Å². The summed E-state index contributed by atoms with van der Waals surface area (Å²) in [6.07, 6.45) is 1.30. The summed E-state index contributed by atoms with van der Waals surface area (Å²) < 4.78 is 33.2. The molecule has 6 nitrogen and oxygen atoms in total. The van der Waals surface area contributed by atoms with Crippen LogP contribution in [0.2, 0.25) is 0 Å². The highest BCUT2D eigenvalue weighted by molar-refractivity contribution is 7.89. The molecule has 1 aliphatic rings. The molecule has 1 fully saturated rings. The highest BCUT2D eigenvalue weighted by Gasteiger charge is 2.35. The first-order valence-electron chi connectivity index (χ1n) is 9.74. The molecule has 1 amide bonds. The summed E-state index contributed by atoms with van der Waals surface area (Å²) in [6, 6.07) is 11.0. The van der Waals surface area contributed by atoms with Gasteiger partial charge in [-0.25, -0.2) is 8.42 Å². The zero-order valence-corrected chi connectivity index (χ0v) is 18.2. The molecule has 2 aromatic rings. The van der Waals surface area contributed by atoms with E-state index in [2.05, 4.69) is 5.32 Å². The van der Waals surface area contributed by atoms with Gasteiger partial charge in [-0.2, -0.15) is 4.31 Å². The number of amides is 1. The average molecular weight is 417 g/mol. The van der Waals surface area contributed by atoms with Crippen molar-refractivity contribution >= 4 is 21.6 Å². The van der Waals surface area contributed by atoms with Crippen LogP contribution in [0.15, 0.2) is 41.3 Å². The summed E-state index contributed by atoms with van der Waals surface area (Å²) >= 11 is 0. The molecule has 0 radical (unpaired) electrons. The standard InChI is InChI=1S/C22H28N2O4S/c1-15-7-8-20(28-4)21(13-15)29(26,27)24-9-5-6-18(14-24)22(25)23-19-11-16(2)10-17(3)12-19/h7-8,10-13,18H,5-6,9,14H2,1-4H3,(H,23,25)/t18-/m1/s1. The molecule has 1 atom stereocenters. The van der Waals surface area contributed by atoms with Crippen molar-refractivity contribution in [2.24, 2.45) is 5.92 Å². The molecule has 0 unspecified atom stereocenters. The molecule has 0 bridgehead atoms. The van der Waals surface area contributed by atoms with E-state index in [1.54, 1.807) is 12.1 Å². The molecule has 1 saturated heterocycles. The molecule has 0 aliphatic carbocycles. The van der Waals surface area contributed by atoms with Crippen molar-refractivity contribution in [3.05, 3.63) is 53.1 Å². The molecule has 0 aromatic heterocycles. The van der Waals surface area contributed by atoms with E-state index in [9.17, 15) is 13.2 Å². The van der Waals surface area contributed by atoms with Gasteiger partial charge in [0.2, 0.25) is 15.9 Å². The normalized spacial score (nSPS) is 17.7. The lowest BCUT2D eigenvalue weighted by molar-refractivity contribution is -0.120. The Morgan fingerprint density at radius 2 is 1.76 bits per heavy atom. The van der Waals surface area contributed by atoms with Gasteiger partial charge in [-0.05, 0) is 74.6 Å². The fourth-order valence-electron chi connectivity index (χ4n) is 3.79. The fourth-order valence-corrected chi connectivity index (χ4v) is 5.55. The van der Waals surface area contributed by atoms with Gasteiger partial charge in [0.1, 0.15) is 10.6 Å². The number of hydrogen-bond donors (Lipinski definition) is 1. The van der Waals surface area contributed by atoms with Crippen molar-refractivity contribution in [3.8, 4) is 5.75 Å². The molecule has 1 heterocycles. The molecule has 1 aliphatic heterocycles. The zero-order valence-electron chi connectivity index (χ0n) is 17.4. The largest absolute Gasteiger partial charge is 0.495 e. The highest BCUT2D eigenvalue weighted by atomic mass is 32.2. The fraction of sp³-hybridized carbons (Fsp3) is 0.409. The third-order valence-electron chi connectivity index (χ3n) is 5.18. The lowest BCUT2D eigenvalue weighted by Gasteiger charge is -2.31. The number of carbonyl (C=O) groups is 1. The van der Waals surface area contributed by atoms with Crippen molar-refractivity contribution in [2.75, 3.05) is 25.5 Å². The maximum atomic E-state index is 13.2. The Bertz CT molecular complexity index is 997. The first-order chi connectivity index (χ1) is 13.7. The Hall–Kier alpha value is -2.38. The molecule has 7 heteroatoms. The number of sulfonamides is 1. The minimum Gasteiger partial charge on any atom is -0.495 e. The van der Waals surface area contributed by atoms with E-state index in [1.807, 2.05) is 45.0 Å². The second-order valence-electron chi connectivity index (χ2n) is 7.72. The number of hydrogen-bond acceptors (Lipinski definition) is 4. The van der Waals surface area contributed by atoms with Crippen LogP contribution in [-0.2, 0) is 14.8 Å². The van der Waals surface area contributed by atoms with Crippen LogP contribution in [-0.4, -0.2) is 38.8 Å². The number of ether oxygens (including phenoxy) is 1. The Labute approximate surface area is 172 Å². The van der Waals surface area contributed by atoms with Crippen LogP contribution in [0.4, 0.5) is 5.69 Å². The number of nitrogens with one attached hydrogen (secondary N) is 1. The van der Waals surface area contributed by atoms with Gasteiger partial charge in [-0.1, -0.05) is 12.1 Å². The van der Waals surface area contributed by atoms with Crippen molar-refractivity contribution < 1.29 is 17.9 Å². The van der Waals surface area contributed by atoms with Gasteiger partial charge in [0, 0.05) is 18.8 Å². The van der Waals surface area contributed by atoms with Crippen molar-refractivity contribution in [2.45, 2.75) is 38.5 Å². The second-order valence-corrected chi connectivity index (χ2v) is 9.63. The van der Waals surface area contributed by atoms with Crippen LogP contribution in [0.25, 0.3) is 0 Å². The maximum absolute atomic E-state index is 13.2. The first kappa shape index (κ1) is 21.3. The number of rotatable bonds is 5. The summed E-state index contributed by atoms with van der Waals surface area (Å²) in [6.45, 7) is 6.36. The summed E-state index contributed by atoms with van der Waals surface area (Å²) in [5.41, 5.74) is 3.72. The molecular weight excluding hydrogens is 388 g/mol. The van der Waals surface area contributed by atoms with Gasteiger partial charge < -0.3 is 10.1 Å². The van der Waals surface area contributed by atoms with Crippen molar-refractivity contribution in [3.63, 3.8) is 0 Å². The van der Waals surface area contributed by atoms with Gasteiger partial charge in [0.05, 0.1) is 13.0 Å². The quantitative estimate of drug-likeness (QED) is 0.807. The number of carbonyl (C=O) groups excluding carboxylic acids is 1. The van der Waals surface area contributed by atoms with Crippen LogP contribution < -0.4 is 10.1 Å². The highest BCUT2D eigenvalue weighted by Crippen LogP contribution is 2.31. The average Bonchev–Trinajstić information content (AvgIpc) is 2.67. The van der Waals surface area contributed by atoms with Crippen LogP contribution in [0.3, 0.4) is 0 Å². The monoisotopic (exact) mass is 416 g/mol. The summed E-state index contributed by atoms with van der Waals surface area (Å²) in [5, 5.41) is 2.95. The zero-order chi connectivity index (χ0) is 21.2. The minimum atomic E-state index is -3.75. The van der Waals surface area contributed by atoms with E-state index in [4.69, 9.17) is 4.74 Å². The molecule has 0 saturated carbocycles. The SMILES string of the molecule is COc1ccc(C)cc1S(=O)(=O)N1CCC[C@@H](C(=O)Nc2cc(C)cc(C)c2)C1. The van der Waals surface area contributed by atoms with E-state index in [-0.39, 0.29) is 17.3 Å². The molecular formula is C22H28N2O4S. The van der Waals surface area contributed by atoms with E-state index in [0.29, 0.717) is 25.1 Å². The molecule has 156 valence electrons. The van der Waals surface area contributed by atoms with Crippen LogP contribution in [0.5, 0.6) is 5.75 Å². The van der Waals surface area contributed by atoms with Gasteiger partial charge in [-0.15, -0.1) is 0 Å². The third-order valence-corrected chi connectivity index (χ3v) is 7.07. The first-order valence-corrected chi connectivity index (χ1v) is 11.2. The Balaban J connectivity index is 1.79. The van der Waals surface area contributed by atoms with E-state index < -0.39 is 15.9 Å². The number of aryl methyl sites for hydroxylation is 3. The predicted octanol–water partition coefficient (Wildman–Crippen LogP) is 3.66. The molecule has 3 rings (SSSR count). The number of anilines is 1. The molecule has 29 heavy (non-hydrogen) atoms. The van der Waals surface area contributed by atoms with E-state index in [0.717, 1.165) is 22.4 Å². The second kappa shape index (κ2) is 8.55. The minimum absolute atomic E-state index is 0.147. The topological polar surface area (TPSA) is 75.7 Å². The van der Waals surface area contributed by atoms with Gasteiger partial charge in [0.15, 0.2) is 0 Å². The number of benzene rings is 2. The van der Waals surface area contributed by atoms with Crippen molar-refractivity contribution in [1.29, 1.82) is 0 Å². The summed E-state index contributed by atoms with van der Waals surface area (Å²) in [4.78, 5) is 13.0. The smallest absolute Gasteiger partial charge is 0.246 e. The Morgan fingerprint density at radius 1 is 1.07 bits per heavy atom. The third kappa shape index (κ3) is 4.79. The number of piperidine rings is 1. The summed E-state index contributed by atoms with van der Waals surface area (Å²) in [7, 11) is -2.29. The molecule has 2 aromatic carbocycles. The van der Waals surface area contributed by atoms with Gasteiger partial charge >= 0.3 is 0 Å².